The molecule has 0 radical (unpaired) electrons. The van der Waals surface area contributed by atoms with Crippen LogP contribution < -0.4 is 0 Å². The van der Waals surface area contributed by atoms with Gasteiger partial charge in [-0.3, -0.25) is 0 Å². The molecule has 0 spiro atoms. The number of rotatable bonds is 2. The molecule has 0 aromatic heterocycles. The molecule has 0 fully saturated rings. The van der Waals surface area contributed by atoms with Gasteiger partial charge in [0.2, 0.25) is 0 Å². The highest BCUT2D eigenvalue weighted by Crippen LogP contribution is 2.42. The highest BCUT2D eigenvalue weighted by molar-refractivity contribution is 9.10. The third-order valence-electron chi connectivity index (χ3n) is 4.14. The molecular formula is C19H17Br. The highest BCUT2D eigenvalue weighted by atomic mass is 79.9. The first-order valence-electron chi connectivity index (χ1n) is 6.88. The molecule has 0 bridgehead atoms. The average molecular weight is 325 g/mol. The fraction of sp³-hybridized carbons (Fsp3) is 0.158. The van der Waals surface area contributed by atoms with E-state index in [1.807, 2.05) is 0 Å². The van der Waals surface area contributed by atoms with Crippen LogP contribution in [0, 0.1) is 0 Å². The van der Waals surface area contributed by atoms with Crippen LogP contribution in [0.2, 0.25) is 0 Å². The second-order valence-electron chi connectivity index (χ2n) is 5.26. The van der Waals surface area contributed by atoms with Gasteiger partial charge in [0.05, 0.1) is 0 Å². The maximum atomic E-state index is 3.50. The maximum Gasteiger partial charge on any atom is 0.0175 e. The molecule has 0 saturated carbocycles. The molecular weight excluding hydrogens is 308 g/mol. The van der Waals surface area contributed by atoms with Gasteiger partial charge in [0.25, 0.3) is 0 Å². The molecule has 0 heterocycles. The summed E-state index contributed by atoms with van der Waals surface area (Å²) in [4.78, 5) is 0. The van der Waals surface area contributed by atoms with Gasteiger partial charge in [0.15, 0.2) is 0 Å². The van der Waals surface area contributed by atoms with Gasteiger partial charge in [-0.1, -0.05) is 58.4 Å². The molecule has 0 N–H and O–H groups in total. The number of allylic oxidation sites excluding steroid dienone is 4. The molecule has 2 aromatic rings. The van der Waals surface area contributed by atoms with Crippen LogP contribution in [0.25, 0.3) is 11.1 Å². The van der Waals surface area contributed by atoms with E-state index >= 15 is 0 Å². The Hall–Kier alpha value is -1.60. The third kappa shape index (κ3) is 2.38. The number of hydrogen-bond acceptors (Lipinski definition) is 0. The van der Waals surface area contributed by atoms with Gasteiger partial charge in [0.1, 0.15) is 0 Å². The highest BCUT2D eigenvalue weighted by Gasteiger charge is 2.20. The van der Waals surface area contributed by atoms with Crippen molar-refractivity contribution < 1.29 is 0 Å². The van der Waals surface area contributed by atoms with Gasteiger partial charge in [-0.05, 0) is 65.8 Å². The van der Waals surface area contributed by atoms with Crippen molar-refractivity contribution in [1.29, 1.82) is 0 Å². The van der Waals surface area contributed by atoms with Gasteiger partial charge in [-0.15, -0.1) is 0 Å². The molecule has 0 nitrogen and oxygen atoms in total. The Labute approximate surface area is 129 Å². The van der Waals surface area contributed by atoms with Crippen LogP contribution in [0.4, 0.5) is 0 Å². The maximum absolute atomic E-state index is 3.50. The summed E-state index contributed by atoms with van der Waals surface area (Å²) < 4.78 is 1.13. The number of benzene rings is 2. The Morgan fingerprint density at radius 2 is 1.20 bits per heavy atom. The van der Waals surface area contributed by atoms with Gasteiger partial charge in [0, 0.05) is 4.47 Å². The van der Waals surface area contributed by atoms with E-state index in [4.69, 9.17) is 0 Å². The lowest BCUT2D eigenvalue weighted by atomic mass is 9.98. The normalized spacial score (nSPS) is 15.2. The number of hydrogen-bond donors (Lipinski definition) is 0. The minimum absolute atomic E-state index is 1.03. The summed E-state index contributed by atoms with van der Waals surface area (Å²) >= 11 is 3.50. The van der Waals surface area contributed by atoms with Gasteiger partial charge >= 0.3 is 0 Å². The van der Waals surface area contributed by atoms with Crippen LogP contribution in [0.3, 0.4) is 0 Å². The van der Waals surface area contributed by atoms with E-state index in [1.165, 1.54) is 33.4 Å². The van der Waals surface area contributed by atoms with Crippen molar-refractivity contribution in [2.75, 3.05) is 0 Å². The summed E-state index contributed by atoms with van der Waals surface area (Å²) in [6.45, 7) is 4.48. The van der Waals surface area contributed by atoms with Crippen molar-refractivity contribution in [2.24, 2.45) is 0 Å². The Morgan fingerprint density at radius 1 is 0.700 bits per heavy atom. The van der Waals surface area contributed by atoms with Crippen molar-refractivity contribution in [3.05, 3.63) is 81.3 Å². The molecule has 0 unspecified atom stereocenters. The zero-order chi connectivity index (χ0) is 14.1. The molecule has 20 heavy (non-hydrogen) atoms. The van der Waals surface area contributed by atoms with Crippen LogP contribution in [0.15, 0.2) is 70.2 Å². The van der Waals surface area contributed by atoms with Crippen LogP contribution in [-0.4, -0.2) is 0 Å². The van der Waals surface area contributed by atoms with Gasteiger partial charge in [-0.25, -0.2) is 0 Å². The van der Waals surface area contributed by atoms with Crippen molar-refractivity contribution in [1.82, 2.24) is 0 Å². The zero-order valence-electron chi connectivity index (χ0n) is 11.8. The van der Waals surface area contributed by atoms with Crippen molar-refractivity contribution in [3.8, 4) is 0 Å². The predicted octanol–water partition coefficient (Wildman–Crippen LogP) is 6.10. The summed E-state index contributed by atoms with van der Waals surface area (Å²) in [6, 6.07) is 19.3. The topological polar surface area (TPSA) is 0 Å². The first-order chi connectivity index (χ1) is 9.66. The van der Waals surface area contributed by atoms with E-state index in [0.29, 0.717) is 0 Å². The average Bonchev–Trinajstić information content (AvgIpc) is 2.77. The van der Waals surface area contributed by atoms with Crippen LogP contribution in [0.5, 0.6) is 0 Å². The van der Waals surface area contributed by atoms with Gasteiger partial charge in [-0.2, -0.15) is 0 Å². The van der Waals surface area contributed by atoms with Crippen LogP contribution >= 0.6 is 15.9 Å². The fourth-order valence-electron chi connectivity index (χ4n) is 2.82. The van der Waals surface area contributed by atoms with Crippen LogP contribution in [-0.2, 0) is 0 Å². The second kappa shape index (κ2) is 5.41. The molecule has 100 valence electrons. The molecule has 3 rings (SSSR count). The molecule has 1 heteroatoms. The third-order valence-corrected chi connectivity index (χ3v) is 4.66. The zero-order valence-corrected chi connectivity index (χ0v) is 13.4. The molecule has 1 aliphatic carbocycles. The Bertz CT molecular complexity index is 688. The Balaban J connectivity index is 1.97. The summed E-state index contributed by atoms with van der Waals surface area (Å²) in [5.74, 6) is 0. The van der Waals surface area contributed by atoms with Crippen LogP contribution in [0.1, 0.15) is 31.4 Å². The molecule has 0 saturated heterocycles. The molecule has 0 atom stereocenters. The minimum Gasteiger partial charge on any atom is -0.0622 e. The van der Waals surface area contributed by atoms with E-state index in [0.717, 1.165) is 10.9 Å². The second-order valence-corrected chi connectivity index (χ2v) is 6.17. The standard InChI is InChI=1S/C19H17Br/c1-13-14(2)19(16-8-10-17(20)11-9-16)12-18(13)15-6-4-3-5-7-15/h3-11H,12H2,1-2H3. The number of halogens is 1. The first kappa shape index (κ1) is 13.4. The summed E-state index contributed by atoms with van der Waals surface area (Å²) in [5.41, 5.74) is 8.43. The summed E-state index contributed by atoms with van der Waals surface area (Å²) in [7, 11) is 0. The lowest BCUT2D eigenvalue weighted by molar-refractivity contribution is 1.38. The smallest absolute Gasteiger partial charge is 0.0175 e. The molecule has 1 aliphatic rings. The quantitative estimate of drug-likeness (QED) is 0.626. The predicted molar refractivity (Wildman–Crippen MR) is 90.4 cm³/mol. The Morgan fingerprint density at radius 3 is 1.75 bits per heavy atom. The van der Waals surface area contributed by atoms with E-state index in [9.17, 15) is 0 Å². The first-order valence-corrected chi connectivity index (χ1v) is 7.67. The van der Waals surface area contributed by atoms with Crippen molar-refractivity contribution in [3.63, 3.8) is 0 Å². The SMILES string of the molecule is CC1=C(c2ccccc2)CC(c2ccc(Br)cc2)=C1C. The summed E-state index contributed by atoms with van der Waals surface area (Å²) in [5, 5.41) is 0. The van der Waals surface area contributed by atoms with E-state index in [-0.39, 0.29) is 0 Å². The fourth-order valence-corrected chi connectivity index (χ4v) is 3.09. The molecule has 0 amide bonds. The lowest BCUT2D eigenvalue weighted by Gasteiger charge is -2.07. The Kier molecular flexibility index (Phi) is 3.62. The largest absolute Gasteiger partial charge is 0.0622 e. The molecule has 0 aliphatic heterocycles. The van der Waals surface area contributed by atoms with Crippen molar-refractivity contribution >= 4 is 27.1 Å². The lowest BCUT2D eigenvalue weighted by Crippen LogP contribution is -1.85. The van der Waals surface area contributed by atoms with E-state index in [2.05, 4.69) is 84.4 Å². The molecule has 2 aromatic carbocycles. The summed E-state index contributed by atoms with van der Waals surface area (Å²) in [6.07, 6.45) is 1.03. The van der Waals surface area contributed by atoms with E-state index in [1.54, 1.807) is 0 Å². The monoisotopic (exact) mass is 324 g/mol. The minimum atomic E-state index is 1.03. The van der Waals surface area contributed by atoms with Crippen molar-refractivity contribution in [2.45, 2.75) is 20.3 Å². The van der Waals surface area contributed by atoms with Gasteiger partial charge < -0.3 is 0 Å². The van der Waals surface area contributed by atoms with E-state index < -0.39 is 0 Å².